The minimum atomic E-state index is -0.211. The summed E-state index contributed by atoms with van der Waals surface area (Å²) in [6.07, 6.45) is 0. The predicted molar refractivity (Wildman–Crippen MR) is 51.9 cm³/mol. The number of hydrogen-bond donors (Lipinski definition) is 1. The molecule has 2 heteroatoms. The van der Waals surface area contributed by atoms with Gasteiger partial charge < -0.3 is 5.32 Å². The van der Waals surface area contributed by atoms with Gasteiger partial charge in [-0.15, -0.1) is 0 Å². The van der Waals surface area contributed by atoms with Crippen LogP contribution in [0.25, 0.3) is 0 Å². The van der Waals surface area contributed by atoms with Crippen LogP contribution in [0.5, 0.6) is 0 Å². The van der Waals surface area contributed by atoms with E-state index in [9.17, 15) is 4.39 Å². The first-order chi connectivity index (χ1) is 6.24. The van der Waals surface area contributed by atoms with Gasteiger partial charge in [-0.1, -0.05) is 11.8 Å². The van der Waals surface area contributed by atoms with Gasteiger partial charge in [0.05, 0.1) is 6.54 Å². The topological polar surface area (TPSA) is 12.0 Å². The molecular formula is C11H12FN. The first-order valence-corrected chi connectivity index (χ1v) is 4.13. The Hall–Kier alpha value is -1.33. The molecule has 0 amide bonds. The van der Waals surface area contributed by atoms with Gasteiger partial charge in [0.1, 0.15) is 5.82 Å². The van der Waals surface area contributed by atoms with Crippen molar-refractivity contribution in [3.8, 4) is 11.8 Å². The highest BCUT2D eigenvalue weighted by atomic mass is 19.1. The Morgan fingerprint density at radius 1 is 1.46 bits per heavy atom. The van der Waals surface area contributed by atoms with Crippen LogP contribution in [0.4, 0.5) is 4.39 Å². The molecule has 0 saturated heterocycles. The van der Waals surface area contributed by atoms with Crippen molar-refractivity contribution >= 4 is 0 Å². The molecule has 0 saturated carbocycles. The second kappa shape index (κ2) is 4.64. The lowest BCUT2D eigenvalue weighted by molar-refractivity contribution is 0.626. The molecule has 0 radical (unpaired) electrons. The summed E-state index contributed by atoms with van der Waals surface area (Å²) in [5, 5.41) is 2.92. The lowest BCUT2D eigenvalue weighted by atomic mass is 10.1. The SMILES string of the molecule is CNCC#Cc1ccc(F)cc1C. The average molecular weight is 177 g/mol. The van der Waals surface area contributed by atoms with Crippen LogP contribution in [0.3, 0.4) is 0 Å². The first-order valence-electron chi connectivity index (χ1n) is 4.13. The zero-order chi connectivity index (χ0) is 9.68. The van der Waals surface area contributed by atoms with Crippen molar-refractivity contribution in [2.75, 3.05) is 13.6 Å². The van der Waals surface area contributed by atoms with E-state index in [1.165, 1.54) is 12.1 Å². The van der Waals surface area contributed by atoms with Crippen LogP contribution in [0.1, 0.15) is 11.1 Å². The fourth-order valence-corrected chi connectivity index (χ4v) is 0.995. The zero-order valence-corrected chi connectivity index (χ0v) is 7.82. The molecule has 1 rings (SSSR count). The van der Waals surface area contributed by atoms with Crippen LogP contribution < -0.4 is 5.32 Å². The van der Waals surface area contributed by atoms with Crippen LogP contribution in [-0.4, -0.2) is 13.6 Å². The second-order valence-electron chi connectivity index (χ2n) is 2.79. The maximum absolute atomic E-state index is 12.7. The largest absolute Gasteiger partial charge is 0.309 e. The minimum absolute atomic E-state index is 0.211. The molecule has 0 heterocycles. The van der Waals surface area contributed by atoms with Crippen molar-refractivity contribution in [3.63, 3.8) is 0 Å². The molecule has 0 aromatic heterocycles. The quantitative estimate of drug-likeness (QED) is 0.644. The van der Waals surface area contributed by atoms with Gasteiger partial charge in [-0.2, -0.15) is 0 Å². The van der Waals surface area contributed by atoms with E-state index in [4.69, 9.17) is 0 Å². The van der Waals surface area contributed by atoms with E-state index in [2.05, 4.69) is 17.2 Å². The van der Waals surface area contributed by atoms with Gasteiger partial charge in [0.2, 0.25) is 0 Å². The molecule has 1 nitrogen and oxygen atoms in total. The molecule has 0 atom stereocenters. The highest BCUT2D eigenvalue weighted by Crippen LogP contribution is 2.07. The van der Waals surface area contributed by atoms with Crippen LogP contribution in [-0.2, 0) is 0 Å². The molecule has 0 spiro atoms. The van der Waals surface area contributed by atoms with E-state index >= 15 is 0 Å². The van der Waals surface area contributed by atoms with Gasteiger partial charge in [0.25, 0.3) is 0 Å². The van der Waals surface area contributed by atoms with E-state index < -0.39 is 0 Å². The number of nitrogens with one attached hydrogen (secondary N) is 1. The van der Waals surface area contributed by atoms with Crippen molar-refractivity contribution in [2.24, 2.45) is 0 Å². The van der Waals surface area contributed by atoms with E-state index in [0.717, 1.165) is 11.1 Å². The summed E-state index contributed by atoms with van der Waals surface area (Å²) >= 11 is 0. The lowest BCUT2D eigenvalue weighted by Gasteiger charge is -1.96. The van der Waals surface area contributed by atoms with Gasteiger partial charge in [0, 0.05) is 5.56 Å². The summed E-state index contributed by atoms with van der Waals surface area (Å²) in [5.41, 5.74) is 1.76. The van der Waals surface area contributed by atoms with Gasteiger partial charge in [0.15, 0.2) is 0 Å². The summed E-state index contributed by atoms with van der Waals surface area (Å²) in [4.78, 5) is 0. The number of halogens is 1. The molecule has 0 fully saturated rings. The Morgan fingerprint density at radius 2 is 2.23 bits per heavy atom. The van der Waals surface area contributed by atoms with Crippen molar-refractivity contribution in [1.29, 1.82) is 0 Å². The lowest BCUT2D eigenvalue weighted by Crippen LogP contribution is -2.04. The molecule has 1 aromatic carbocycles. The molecule has 0 aliphatic carbocycles. The highest BCUT2D eigenvalue weighted by molar-refractivity contribution is 5.40. The Bertz CT molecular complexity index is 347. The summed E-state index contributed by atoms with van der Waals surface area (Å²) in [7, 11) is 1.84. The van der Waals surface area contributed by atoms with Crippen molar-refractivity contribution in [3.05, 3.63) is 35.1 Å². The highest BCUT2D eigenvalue weighted by Gasteiger charge is 1.95. The fraction of sp³-hybridized carbons (Fsp3) is 0.273. The number of benzene rings is 1. The van der Waals surface area contributed by atoms with E-state index in [0.29, 0.717) is 6.54 Å². The van der Waals surface area contributed by atoms with E-state index in [1.807, 2.05) is 14.0 Å². The molecule has 0 aliphatic rings. The standard InChI is InChI=1S/C11H12FN/c1-9-8-11(12)6-5-10(9)4-3-7-13-2/h5-6,8,13H,7H2,1-2H3. The maximum Gasteiger partial charge on any atom is 0.123 e. The smallest absolute Gasteiger partial charge is 0.123 e. The summed E-state index contributed by atoms with van der Waals surface area (Å²) in [5.74, 6) is 5.68. The zero-order valence-electron chi connectivity index (χ0n) is 7.82. The molecule has 68 valence electrons. The molecule has 13 heavy (non-hydrogen) atoms. The van der Waals surface area contributed by atoms with Crippen molar-refractivity contribution in [2.45, 2.75) is 6.92 Å². The number of hydrogen-bond acceptors (Lipinski definition) is 1. The van der Waals surface area contributed by atoms with Crippen molar-refractivity contribution in [1.82, 2.24) is 5.32 Å². The molecule has 0 bridgehead atoms. The number of rotatable bonds is 1. The Morgan fingerprint density at radius 3 is 2.85 bits per heavy atom. The van der Waals surface area contributed by atoms with Crippen LogP contribution in [0, 0.1) is 24.6 Å². The Kier molecular flexibility index (Phi) is 3.48. The van der Waals surface area contributed by atoms with Gasteiger partial charge in [-0.25, -0.2) is 4.39 Å². The van der Waals surface area contributed by atoms with E-state index in [-0.39, 0.29) is 5.82 Å². The van der Waals surface area contributed by atoms with Gasteiger partial charge >= 0.3 is 0 Å². The molecule has 1 N–H and O–H groups in total. The van der Waals surface area contributed by atoms with Crippen molar-refractivity contribution < 1.29 is 4.39 Å². The Balaban J connectivity index is 2.85. The summed E-state index contributed by atoms with van der Waals surface area (Å²) < 4.78 is 12.7. The molecule has 0 aliphatic heterocycles. The normalized spacial score (nSPS) is 9.15. The number of aryl methyl sites for hydroxylation is 1. The summed E-state index contributed by atoms with van der Waals surface area (Å²) in [6.45, 7) is 2.50. The predicted octanol–water partition coefficient (Wildman–Crippen LogP) is 1.71. The van der Waals surface area contributed by atoms with Gasteiger partial charge in [-0.05, 0) is 37.7 Å². The van der Waals surface area contributed by atoms with Gasteiger partial charge in [-0.3, -0.25) is 0 Å². The third kappa shape index (κ3) is 2.89. The molecule has 1 aromatic rings. The van der Waals surface area contributed by atoms with Crippen LogP contribution in [0.15, 0.2) is 18.2 Å². The maximum atomic E-state index is 12.7. The van der Waals surface area contributed by atoms with E-state index in [1.54, 1.807) is 6.07 Å². The second-order valence-corrected chi connectivity index (χ2v) is 2.79. The third-order valence-electron chi connectivity index (χ3n) is 1.68. The summed E-state index contributed by atoms with van der Waals surface area (Å²) in [6, 6.07) is 4.62. The molecule has 0 unspecified atom stereocenters. The Labute approximate surface area is 78.0 Å². The van der Waals surface area contributed by atoms with Crippen LogP contribution >= 0.6 is 0 Å². The monoisotopic (exact) mass is 177 g/mol. The van der Waals surface area contributed by atoms with Crippen LogP contribution in [0.2, 0.25) is 0 Å². The third-order valence-corrected chi connectivity index (χ3v) is 1.68. The minimum Gasteiger partial charge on any atom is -0.309 e. The first kappa shape index (κ1) is 9.76. The average Bonchev–Trinajstić information content (AvgIpc) is 2.09. The molecular weight excluding hydrogens is 165 g/mol. The fourth-order valence-electron chi connectivity index (χ4n) is 0.995.